The van der Waals surface area contributed by atoms with Gasteiger partial charge in [-0.1, -0.05) is 12.1 Å². The number of urea groups is 1. The van der Waals surface area contributed by atoms with Gasteiger partial charge in [-0.2, -0.15) is 0 Å². The monoisotopic (exact) mass is 320 g/mol. The fraction of sp³-hybridized carbons (Fsp3) is 0.529. The van der Waals surface area contributed by atoms with E-state index in [0.717, 1.165) is 18.4 Å². The Morgan fingerprint density at radius 1 is 1.35 bits per heavy atom. The van der Waals surface area contributed by atoms with Crippen LogP contribution < -0.4 is 5.32 Å². The second-order valence-corrected chi connectivity index (χ2v) is 6.54. The summed E-state index contributed by atoms with van der Waals surface area (Å²) in [6, 6.07) is 4.57. The number of halogens is 1. The molecule has 2 atom stereocenters. The van der Waals surface area contributed by atoms with Crippen molar-refractivity contribution in [3.63, 3.8) is 0 Å². The van der Waals surface area contributed by atoms with Gasteiger partial charge in [0.2, 0.25) is 0 Å². The SMILES string of the molecule is Cc1cc(C(NC(=O)N2CCC(C(=O)O)C2)C2CC2)ccc1F. The number of carboxylic acid groups (broad SMARTS) is 1. The minimum absolute atomic E-state index is 0.134. The van der Waals surface area contributed by atoms with Crippen LogP contribution in [0.3, 0.4) is 0 Å². The molecule has 2 fully saturated rings. The number of carbonyl (C=O) groups is 2. The zero-order chi connectivity index (χ0) is 16.6. The van der Waals surface area contributed by atoms with Gasteiger partial charge in [0.15, 0.2) is 0 Å². The van der Waals surface area contributed by atoms with Gasteiger partial charge in [0.1, 0.15) is 5.82 Å². The van der Waals surface area contributed by atoms with Crippen LogP contribution >= 0.6 is 0 Å². The Kier molecular flexibility index (Phi) is 4.24. The van der Waals surface area contributed by atoms with Crippen LogP contribution in [0, 0.1) is 24.6 Å². The first-order valence-corrected chi connectivity index (χ1v) is 8.00. The van der Waals surface area contributed by atoms with Crippen molar-refractivity contribution in [3.05, 3.63) is 35.1 Å². The number of aryl methyl sites for hydroxylation is 1. The van der Waals surface area contributed by atoms with E-state index in [0.29, 0.717) is 24.4 Å². The molecule has 1 aromatic rings. The van der Waals surface area contributed by atoms with Gasteiger partial charge < -0.3 is 15.3 Å². The molecular weight excluding hydrogens is 299 g/mol. The molecule has 5 nitrogen and oxygen atoms in total. The molecule has 0 aromatic heterocycles. The summed E-state index contributed by atoms with van der Waals surface area (Å²) in [6.45, 7) is 2.42. The van der Waals surface area contributed by atoms with Crippen molar-refractivity contribution in [2.24, 2.45) is 11.8 Å². The smallest absolute Gasteiger partial charge is 0.317 e. The van der Waals surface area contributed by atoms with Crippen LogP contribution in [-0.2, 0) is 4.79 Å². The van der Waals surface area contributed by atoms with Crippen molar-refractivity contribution in [1.29, 1.82) is 0 Å². The summed E-state index contributed by atoms with van der Waals surface area (Å²) in [5.74, 6) is -1.21. The minimum Gasteiger partial charge on any atom is -0.481 e. The van der Waals surface area contributed by atoms with Gasteiger partial charge in [0.05, 0.1) is 12.0 Å². The number of carboxylic acids is 1. The van der Waals surface area contributed by atoms with Crippen molar-refractivity contribution in [3.8, 4) is 0 Å². The van der Waals surface area contributed by atoms with Crippen LogP contribution in [0.4, 0.5) is 9.18 Å². The van der Waals surface area contributed by atoms with Crippen LogP contribution in [-0.4, -0.2) is 35.1 Å². The van der Waals surface area contributed by atoms with Crippen molar-refractivity contribution in [2.45, 2.75) is 32.2 Å². The van der Waals surface area contributed by atoms with Crippen molar-refractivity contribution in [2.75, 3.05) is 13.1 Å². The van der Waals surface area contributed by atoms with E-state index in [9.17, 15) is 14.0 Å². The highest BCUT2D eigenvalue weighted by molar-refractivity contribution is 5.77. The second kappa shape index (κ2) is 6.18. The predicted molar refractivity (Wildman–Crippen MR) is 82.4 cm³/mol. The zero-order valence-electron chi connectivity index (χ0n) is 13.1. The maximum atomic E-state index is 13.5. The van der Waals surface area contributed by atoms with Gasteiger partial charge in [-0.3, -0.25) is 4.79 Å². The summed E-state index contributed by atoms with van der Waals surface area (Å²) in [4.78, 5) is 25.0. The highest BCUT2D eigenvalue weighted by Gasteiger charge is 2.36. The number of hydrogen-bond donors (Lipinski definition) is 2. The first-order valence-electron chi connectivity index (χ1n) is 8.00. The Bertz CT molecular complexity index is 630. The number of rotatable bonds is 4. The first-order chi connectivity index (χ1) is 11.0. The summed E-state index contributed by atoms with van der Waals surface area (Å²) in [7, 11) is 0. The molecule has 1 aliphatic heterocycles. The van der Waals surface area contributed by atoms with E-state index in [2.05, 4.69) is 5.32 Å². The third-order valence-corrected chi connectivity index (χ3v) is 4.74. The van der Waals surface area contributed by atoms with Gasteiger partial charge >= 0.3 is 12.0 Å². The molecule has 1 saturated heterocycles. The van der Waals surface area contributed by atoms with Crippen LogP contribution in [0.1, 0.15) is 36.4 Å². The van der Waals surface area contributed by atoms with Crippen LogP contribution in [0.5, 0.6) is 0 Å². The lowest BCUT2D eigenvalue weighted by molar-refractivity contribution is -0.141. The number of nitrogens with zero attached hydrogens (tertiary/aromatic N) is 1. The second-order valence-electron chi connectivity index (χ2n) is 6.54. The van der Waals surface area contributed by atoms with Crippen LogP contribution in [0.15, 0.2) is 18.2 Å². The molecule has 2 aliphatic rings. The van der Waals surface area contributed by atoms with E-state index in [1.807, 2.05) is 0 Å². The molecule has 2 amide bonds. The lowest BCUT2D eigenvalue weighted by Crippen LogP contribution is -2.41. The van der Waals surface area contributed by atoms with Crippen molar-refractivity contribution < 1.29 is 19.1 Å². The molecule has 1 aliphatic carbocycles. The number of nitrogens with one attached hydrogen (secondary N) is 1. The summed E-state index contributed by atoms with van der Waals surface area (Å²) in [5, 5.41) is 12.0. The summed E-state index contributed by atoms with van der Waals surface area (Å²) >= 11 is 0. The number of hydrogen-bond acceptors (Lipinski definition) is 2. The number of likely N-dealkylation sites (tertiary alicyclic amines) is 1. The van der Waals surface area contributed by atoms with Gasteiger partial charge in [-0.25, -0.2) is 9.18 Å². The summed E-state index contributed by atoms with van der Waals surface area (Å²) < 4.78 is 13.5. The van der Waals surface area contributed by atoms with E-state index < -0.39 is 11.9 Å². The van der Waals surface area contributed by atoms with Crippen molar-refractivity contribution in [1.82, 2.24) is 10.2 Å². The van der Waals surface area contributed by atoms with E-state index in [1.165, 1.54) is 6.07 Å². The molecule has 0 radical (unpaired) electrons. The molecule has 2 N–H and O–H groups in total. The molecule has 1 heterocycles. The highest BCUT2D eigenvalue weighted by atomic mass is 19.1. The third-order valence-electron chi connectivity index (χ3n) is 4.74. The molecule has 0 bridgehead atoms. The molecule has 124 valence electrons. The standard InChI is InChI=1S/C17H21FN2O3/c1-10-8-12(4-5-14(10)18)15(11-2-3-11)19-17(23)20-7-6-13(9-20)16(21)22/h4-5,8,11,13,15H,2-3,6-7,9H2,1H3,(H,19,23)(H,21,22). The molecule has 2 unspecified atom stereocenters. The fourth-order valence-electron chi connectivity index (χ4n) is 3.13. The average molecular weight is 320 g/mol. The normalized spacial score (nSPS) is 22.0. The van der Waals surface area contributed by atoms with E-state index in [1.54, 1.807) is 24.0 Å². The summed E-state index contributed by atoms with van der Waals surface area (Å²) in [5.41, 5.74) is 1.48. The highest BCUT2D eigenvalue weighted by Crippen LogP contribution is 2.41. The van der Waals surface area contributed by atoms with Gasteiger partial charge in [-0.05, 0) is 49.3 Å². The number of amides is 2. The number of aliphatic carboxylic acids is 1. The molecule has 1 saturated carbocycles. The molecule has 1 aromatic carbocycles. The average Bonchev–Trinajstić information content (AvgIpc) is 3.22. The maximum absolute atomic E-state index is 13.5. The lowest BCUT2D eigenvalue weighted by Gasteiger charge is -2.24. The lowest BCUT2D eigenvalue weighted by atomic mass is 10.0. The first kappa shape index (κ1) is 15.8. The zero-order valence-corrected chi connectivity index (χ0v) is 13.1. The maximum Gasteiger partial charge on any atom is 0.317 e. The molecule has 0 spiro atoms. The Morgan fingerprint density at radius 3 is 2.65 bits per heavy atom. The van der Waals surface area contributed by atoms with Gasteiger partial charge in [0.25, 0.3) is 0 Å². The van der Waals surface area contributed by atoms with E-state index in [4.69, 9.17) is 5.11 Å². The Morgan fingerprint density at radius 2 is 2.09 bits per heavy atom. The quantitative estimate of drug-likeness (QED) is 0.896. The molecule has 3 rings (SSSR count). The largest absolute Gasteiger partial charge is 0.481 e. The molecular formula is C17H21FN2O3. The topological polar surface area (TPSA) is 69.6 Å². The van der Waals surface area contributed by atoms with E-state index in [-0.39, 0.29) is 24.4 Å². The number of benzene rings is 1. The third kappa shape index (κ3) is 3.46. The molecule has 6 heteroatoms. The number of carbonyl (C=O) groups excluding carboxylic acids is 1. The molecule has 23 heavy (non-hydrogen) atoms. The Balaban J connectivity index is 1.69. The van der Waals surface area contributed by atoms with Crippen LogP contribution in [0.2, 0.25) is 0 Å². The van der Waals surface area contributed by atoms with Crippen molar-refractivity contribution >= 4 is 12.0 Å². The van der Waals surface area contributed by atoms with E-state index >= 15 is 0 Å². The minimum atomic E-state index is -0.854. The predicted octanol–water partition coefficient (Wildman–Crippen LogP) is 2.70. The summed E-state index contributed by atoms with van der Waals surface area (Å²) in [6.07, 6.45) is 2.57. The van der Waals surface area contributed by atoms with Gasteiger partial charge in [0, 0.05) is 13.1 Å². The van der Waals surface area contributed by atoms with Crippen LogP contribution in [0.25, 0.3) is 0 Å². The Hall–Kier alpha value is -2.11. The van der Waals surface area contributed by atoms with Gasteiger partial charge in [-0.15, -0.1) is 0 Å². The Labute approximate surface area is 134 Å². The fourth-order valence-corrected chi connectivity index (χ4v) is 3.13.